The Kier molecular flexibility index (Phi) is 6.32. The molecule has 4 rings (SSSR count). The van der Waals surface area contributed by atoms with E-state index in [9.17, 15) is 14.4 Å². The van der Waals surface area contributed by atoms with Gasteiger partial charge in [0.2, 0.25) is 0 Å². The van der Waals surface area contributed by atoms with Gasteiger partial charge in [0.25, 0.3) is 5.56 Å². The average molecular weight is 467 g/mol. The molecule has 9 heteroatoms. The summed E-state index contributed by atoms with van der Waals surface area (Å²) >= 11 is 1.15. The second-order valence-corrected chi connectivity index (χ2v) is 8.20. The van der Waals surface area contributed by atoms with E-state index in [0.717, 1.165) is 21.5 Å². The zero-order chi connectivity index (χ0) is 23.5. The Morgan fingerprint density at radius 1 is 0.970 bits per heavy atom. The summed E-state index contributed by atoms with van der Waals surface area (Å²) in [4.78, 5) is 39.4. The van der Waals surface area contributed by atoms with Crippen LogP contribution in [0.3, 0.4) is 0 Å². The van der Waals surface area contributed by atoms with E-state index in [2.05, 4.69) is 0 Å². The molecular weight excluding hydrogens is 444 g/mol. The zero-order valence-electron chi connectivity index (χ0n) is 18.4. The summed E-state index contributed by atoms with van der Waals surface area (Å²) in [5.41, 5.74) is 0.650. The predicted molar refractivity (Wildman–Crippen MR) is 126 cm³/mol. The Morgan fingerprint density at radius 3 is 2.27 bits per heavy atom. The second kappa shape index (κ2) is 9.33. The van der Waals surface area contributed by atoms with Gasteiger partial charge in [0, 0.05) is 18.5 Å². The summed E-state index contributed by atoms with van der Waals surface area (Å²) in [5.74, 6) is 0.491. The van der Waals surface area contributed by atoms with Crippen molar-refractivity contribution in [1.29, 1.82) is 0 Å². The summed E-state index contributed by atoms with van der Waals surface area (Å²) in [7, 11) is 4.65. The van der Waals surface area contributed by atoms with Gasteiger partial charge in [-0.3, -0.25) is 13.9 Å². The van der Waals surface area contributed by atoms with Crippen LogP contribution in [0, 0.1) is 0 Å². The fourth-order valence-electron chi connectivity index (χ4n) is 3.52. The van der Waals surface area contributed by atoms with E-state index in [1.165, 1.54) is 18.8 Å². The van der Waals surface area contributed by atoms with Crippen LogP contribution in [0.15, 0.2) is 63.5 Å². The largest absolute Gasteiger partial charge is 0.497 e. The number of hydrogen-bond donors (Lipinski definition) is 0. The summed E-state index contributed by atoms with van der Waals surface area (Å²) in [6.45, 7) is 0.0733. The normalized spacial score (nSPS) is 10.9. The van der Waals surface area contributed by atoms with Crippen LogP contribution in [-0.4, -0.2) is 29.3 Å². The third kappa shape index (κ3) is 4.40. The lowest BCUT2D eigenvalue weighted by Gasteiger charge is -2.10. The Labute approximate surface area is 193 Å². The van der Waals surface area contributed by atoms with Crippen LogP contribution in [-0.2, 0) is 24.9 Å². The van der Waals surface area contributed by atoms with Crippen molar-refractivity contribution in [1.82, 2.24) is 9.13 Å². The smallest absolute Gasteiger partial charge is 0.340 e. The lowest BCUT2D eigenvalue weighted by atomic mass is 10.2. The molecule has 33 heavy (non-hydrogen) atoms. The molecule has 0 amide bonds. The minimum atomic E-state index is -0.648. The summed E-state index contributed by atoms with van der Waals surface area (Å²) in [6.07, 6.45) is 0. The Morgan fingerprint density at radius 2 is 1.64 bits per heavy atom. The zero-order valence-corrected chi connectivity index (χ0v) is 19.2. The van der Waals surface area contributed by atoms with Crippen LogP contribution in [0.2, 0.25) is 0 Å². The van der Waals surface area contributed by atoms with E-state index in [1.54, 1.807) is 30.6 Å². The van der Waals surface area contributed by atoms with Gasteiger partial charge in [-0.25, -0.2) is 9.59 Å². The summed E-state index contributed by atoms with van der Waals surface area (Å²) in [6, 6.07) is 14.4. The Hall–Kier alpha value is -3.85. The van der Waals surface area contributed by atoms with Gasteiger partial charge in [-0.1, -0.05) is 30.3 Å². The molecule has 8 nitrogen and oxygen atoms in total. The molecule has 0 atom stereocenters. The highest BCUT2D eigenvalue weighted by Gasteiger charge is 2.22. The first kappa shape index (κ1) is 22.3. The molecule has 0 saturated carbocycles. The van der Waals surface area contributed by atoms with Crippen molar-refractivity contribution in [2.75, 3.05) is 14.2 Å². The number of methoxy groups -OCH3 is 2. The van der Waals surface area contributed by atoms with Crippen molar-refractivity contribution >= 4 is 27.5 Å². The van der Waals surface area contributed by atoms with Crippen molar-refractivity contribution in [3.63, 3.8) is 0 Å². The topological polar surface area (TPSA) is 88.8 Å². The number of rotatable bonds is 7. The van der Waals surface area contributed by atoms with Gasteiger partial charge in [-0.15, -0.1) is 11.3 Å². The Balaban J connectivity index is 1.68. The average Bonchev–Trinajstić information content (AvgIpc) is 3.30. The number of hydrogen-bond acceptors (Lipinski definition) is 7. The van der Waals surface area contributed by atoms with Crippen molar-refractivity contribution < 1.29 is 19.0 Å². The van der Waals surface area contributed by atoms with Crippen LogP contribution in [0.25, 0.3) is 10.2 Å². The van der Waals surface area contributed by atoms with Crippen molar-refractivity contribution in [3.8, 4) is 11.5 Å². The lowest BCUT2D eigenvalue weighted by Crippen LogP contribution is -2.39. The molecule has 0 spiro atoms. The van der Waals surface area contributed by atoms with Crippen molar-refractivity contribution in [2.24, 2.45) is 7.05 Å². The van der Waals surface area contributed by atoms with E-state index < -0.39 is 17.2 Å². The van der Waals surface area contributed by atoms with E-state index in [1.807, 2.05) is 30.3 Å². The molecule has 0 aliphatic carbocycles. The standard InChI is InChI=1S/C24H22N2O6S/c1-25-22-20(21(27)26(24(25)29)12-15-7-5-4-6-8-15)19(14-33-22)23(28)32-13-16-9-17(30-2)11-18(10-16)31-3/h4-11,14H,12-13H2,1-3H3. The molecule has 4 aromatic rings. The number of carbonyl (C=O) groups is 1. The van der Waals surface area contributed by atoms with Gasteiger partial charge in [0.15, 0.2) is 0 Å². The molecule has 0 aliphatic heterocycles. The number of carbonyl (C=O) groups excluding carboxylic acids is 1. The first-order chi connectivity index (χ1) is 15.9. The van der Waals surface area contributed by atoms with Crippen LogP contribution in [0.4, 0.5) is 0 Å². The van der Waals surface area contributed by atoms with Crippen molar-refractivity contribution in [2.45, 2.75) is 13.2 Å². The molecular formula is C24H22N2O6S. The highest BCUT2D eigenvalue weighted by atomic mass is 32.1. The molecule has 0 N–H and O–H groups in total. The van der Waals surface area contributed by atoms with Crippen LogP contribution < -0.4 is 20.7 Å². The number of esters is 1. The van der Waals surface area contributed by atoms with E-state index in [4.69, 9.17) is 14.2 Å². The maximum atomic E-state index is 13.2. The first-order valence-electron chi connectivity index (χ1n) is 10.1. The molecule has 170 valence electrons. The minimum Gasteiger partial charge on any atom is -0.497 e. The Bertz CT molecular complexity index is 1410. The minimum absolute atomic E-state index is 0.0340. The molecule has 0 unspecified atom stereocenters. The number of ether oxygens (including phenoxy) is 3. The maximum Gasteiger partial charge on any atom is 0.340 e. The summed E-state index contributed by atoms with van der Waals surface area (Å²) < 4.78 is 18.5. The fourth-order valence-corrected chi connectivity index (χ4v) is 4.52. The molecule has 2 aromatic heterocycles. The molecule has 0 aliphatic rings. The quantitative estimate of drug-likeness (QED) is 0.389. The van der Waals surface area contributed by atoms with Crippen molar-refractivity contribution in [3.05, 3.63) is 91.4 Å². The maximum absolute atomic E-state index is 13.2. The number of aromatic nitrogens is 2. The van der Waals surface area contributed by atoms with Gasteiger partial charge < -0.3 is 14.2 Å². The SMILES string of the molecule is COc1cc(COC(=O)c2csc3c2c(=O)n(Cc2ccccc2)c(=O)n3C)cc(OC)c1. The van der Waals surface area contributed by atoms with Gasteiger partial charge in [-0.05, 0) is 23.3 Å². The van der Waals surface area contributed by atoms with Crippen LogP contribution >= 0.6 is 11.3 Å². The van der Waals surface area contributed by atoms with Gasteiger partial charge in [-0.2, -0.15) is 0 Å². The first-order valence-corrected chi connectivity index (χ1v) is 10.9. The van der Waals surface area contributed by atoms with Crippen LogP contribution in [0.5, 0.6) is 11.5 Å². The number of benzene rings is 2. The van der Waals surface area contributed by atoms with Gasteiger partial charge in [0.1, 0.15) is 22.9 Å². The second-order valence-electron chi connectivity index (χ2n) is 7.35. The third-order valence-corrected chi connectivity index (χ3v) is 6.29. The highest BCUT2D eigenvalue weighted by Crippen LogP contribution is 2.25. The van der Waals surface area contributed by atoms with E-state index in [-0.39, 0.29) is 24.1 Å². The predicted octanol–water partition coefficient (Wildman–Crippen LogP) is 3.18. The number of thiophene rings is 1. The molecule has 2 heterocycles. The van der Waals surface area contributed by atoms with Gasteiger partial charge in [0.05, 0.1) is 31.7 Å². The number of aryl methyl sites for hydroxylation is 1. The monoisotopic (exact) mass is 466 g/mol. The molecule has 0 fully saturated rings. The highest BCUT2D eigenvalue weighted by molar-refractivity contribution is 7.17. The van der Waals surface area contributed by atoms with E-state index >= 15 is 0 Å². The number of nitrogens with zero attached hydrogens (tertiary/aromatic N) is 2. The van der Waals surface area contributed by atoms with Crippen LogP contribution in [0.1, 0.15) is 21.5 Å². The molecule has 0 radical (unpaired) electrons. The lowest BCUT2D eigenvalue weighted by molar-refractivity contribution is 0.0475. The molecule has 2 aromatic carbocycles. The number of fused-ring (bicyclic) bond motifs is 1. The third-order valence-electron chi connectivity index (χ3n) is 5.24. The van der Waals surface area contributed by atoms with Gasteiger partial charge >= 0.3 is 11.7 Å². The summed E-state index contributed by atoms with van der Waals surface area (Å²) in [5, 5.41) is 1.72. The fraction of sp³-hybridized carbons (Fsp3) is 0.208. The molecule has 0 saturated heterocycles. The van der Waals surface area contributed by atoms with E-state index in [0.29, 0.717) is 21.9 Å². The molecule has 0 bridgehead atoms.